The molecule has 0 spiro atoms. The van der Waals surface area contributed by atoms with E-state index in [1.807, 2.05) is 20.8 Å². The smallest absolute Gasteiger partial charge is 0.336 e. The number of hydrogen-bond acceptors (Lipinski definition) is 6. The van der Waals surface area contributed by atoms with E-state index in [4.69, 9.17) is 20.8 Å². The number of fused-ring (bicyclic) bond motifs is 1. The van der Waals surface area contributed by atoms with Crippen LogP contribution < -0.4 is 15.1 Å². The minimum absolute atomic E-state index is 0.000474. The van der Waals surface area contributed by atoms with Gasteiger partial charge in [0.15, 0.2) is 5.75 Å². The van der Waals surface area contributed by atoms with Gasteiger partial charge in [-0.3, -0.25) is 0 Å². The second-order valence-corrected chi connectivity index (χ2v) is 11.1. The summed E-state index contributed by atoms with van der Waals surface area (Å²) in [7, 11) is -3.97. The number of hydrogen-bond donors (Lipinski definition) is 1. The van der Waals surface area contributed by atoms with E-state index in [0.29, 0.717) is 11.8 Å². The quantitative estimate of drug-likeness (QED) is 0.219. The van der Waals surface area contributed by atoms with Gasteiger partial charge < -0.3 is 9.15 Å². The summed E-state index contributed by atoms with van der Waals surface area (Å²) in [6.07, 6.45) is 2.75. The van der Waals surface area contributed by atoms with E-state index in [1.54, 1.807) is 18.2 Å². The van der Waals surface area contributed by atoms with Gasteiger partial charge in [-0.05, 0) is 55.9 Å². The fourth-order valence-corrected chi connectivity index (χ4v) is 5.10. The average molecular weight is 520 g/mol. The number of carbonyl (C=O) groups excluding carboxylic acids is 1. The minimum Gasteiger partial charge on any atom is -0.424 e. The van der Waals surface area contributed by atoms with Gasteiger partial charge in [-0.1, -0.05) is 56.5 Å². The van der Waals surface area contributed by atoms with E-state index in [1.165, 1.54) is 24.3 Å². The fraction of sp³-hybridized carbons (Fsp3) is 0.385. The van der Waals surface area contributed by atoms with E-state index < -0.39 is 27.7 Å². The van der Waals surface area contributed by atoms with Crippen LogP contribution in [-0.2, 0) is 21.2 Å². The lowest BCUT2D eigenvalue weighted by Crippen LogP contribution is -2.43. The van der Waals surface area contributed by atoms with Crippen LogP contribution in [0.25, 0.3) is 11.0 Å². The Kier molecular flexibility index (Phi) is 8.74. The van der Waals surface area contributed by atoms with Gasteiger partial charge in [-0.15, -0.1) is 0 Å². The molecule has 35 heavy (non-hydrogen) atoms. The van der Waals surface area contributed by atoms with Gasteiger partial charge in [-0.25, -0.2) is 18.0 Å². The average Bonchev–Trinajstić information content (AvgIpc) is 2.77. The van der Waals surface area contributed by atoms with Gasteiger partial charge in [0, 0.05) is 17.5 Å². The Labute approximate surface area is 210 Å². The first kappa shape index (κ1) is 26.9. The molecule has 1 heterocycles. The molecule has 7 nitrogen and oxygen atoms in total. The molecule has 1 atom stereocenters. The normalized spacial score (nSPS) is 12.7. The molecule has 0 radical (unpaired) electrons. The molecule has 0 aliphatic rings. The maximum Gasteiger partial charge on any atom is 0.336 e. The van der Waals surface area contributed by atoms with Gasteiger partial charge in [0.1, 0.15) is 11.6 Å². The summed E-state index contributed by atoms with van der Waals surface area (Å²) >= 11 is 6.41. The minimum atomic E-state index is -3.97. The number of sulfonamides is 1. The van der Waals surface area contributed by atoms with Gasteiger partial charge in [0.2, 0.25) is 10.0 Å². The molecule has 2 aromatic carbocycles. The third kappa shape index (κ3) is 6.93. The molecule has 0 unspecified atom stereocenters. The Morgan fingerprint density at radius 2 is 1.83 bits per heavy atom. The number of halogens is 1. The second-order valence-electron chi connectivity index (χ2n) is 9.01. The van der Waals surface area contributed by atoms with Crippen molar-refractivity contribution in [3.63, 3.8) is 0 Å². The topological polar surface area (TPSA) is 103 Å². The van der Waals surface area contributed by atoms with Crippen molar-refractivity contribution in [1.82, 2.24) is 4.72 Å². The predicted octanol–water partition coefficient (Wildman–Crippen LogP) is 5.40. The van der Waals surface area contributed by atoms with Crippen LogP contribution in [-0.4, -0.2) is 20.4 Å². The molecule has 9 heteroatoms. The lowest BCUT2D eigenvalue weighted by Gasteiger charge is -2.20. The van der Waals surface area contributed by atoms with Crippen LogP contribution >= 0.6 is 11.6 Å². The lowest BCUT2D eigenvalue weighted by atomic mass is 10.0. The molecule has 0 amide bonds. The van der Waals surface area contributed by atoms with Crippen LogP contribution in [0.4, 0.5) is 0 Å². The van der Waals surface area contributed by atoms with Crippen molar-refractivity contribution in [2.24, 2.45) is 5.92 Å². The third-order valence-corrected chi connectivity index (χ3v) is 7.30. The molecule has 1 aromatic heterocycles. The van der Waals surface area contributed by atoms with E-state index in [0.717, 1.165) is 24.0 Å². The Morgan fingerprint density at radius 1 is 1.14 bits per heavy atom. The zero-order valence-corrected chi connectivity index (χ0v) is 21.8. The van der Waals surface area contributed by atoms with E-state index >= 15 is 0 Å². The first-order chi connectivity index (χ1) is 16.5. The molecule has 0 aliphatic carbocycles. The Bertz CT molecular complexity index is 1360. The summed E-state index contributed by atoms with van der Waals surface area (Å²) in [4.78, 5) is 25.2. The molecular formula is C26H30ClNO6S. The molecule has 3 rings (SSSR count). The Hall–Kier alpha value is -2.68. The molecule has 0 saturated heterocycles. The SMILES string of the molecule is CCCCc1cc(=O)oc2cc(OC(=O)[C@H](CC(C)C)NS(=O)(=O)c3ccc(C)cc3)c(Cl)cc12. The van der Waals surface area contributed by atoms with Gasteiger partial charge in [-0.2, -0.15) is 4.72 Å². The van der Waals surface area contributed by atoms with E-state index in [-0.39, 0.29) is 33.6 Å². The molecule has 0 aliphatic heterocycles. The van der Waals surface area contributed by atoms with Crippen molar-refractivity contribution in [3.05, 3.63) is 69.0 Å². The van der Waals surface area contributed by atoms with Crippen LogP contribution in [0, 0.1) is 12.8 Å². The zero-order chi connectivity index (χ0) is 25.8. The summed E-state index contributed by atoms with van der Waals surface area (Å²) in [6.45, 7) is 7.65. The van der Waals surface area contributed by atoms with Gasteiger partial charge in [0.25, 0.3) is 0 Å². The number of unbranched alkanes of at least 4 members (excludes halogenated alkanes) is 1. The fourth-order valence-electron chi connectivity index (χ4n) is 3.70. The van der Waals surface area contributed by atoms with Gasteiger partial charge >= 0.3 is 11.6 Å². The summed E-state index contributed by atoms with van der Waals surface area (Å²) in [6, 6.07) is 9.62. The van der Waals surface area contributed by atoms with Crippen LogP contribution in [0.2, 0.25) is 5.02 Å². The number of esters is 1. The van der Waals surface area contributed by atoms with Crippen LogP contribution in [0.15, 0.2) is 56.6 Å². The zero-order valence-electron chi connectivity index (χ0n) is 20.3. The summed E-state index contributed by atoms with van der Waals surface area (Å²) in [5.41, 5.74) is 1.46. The highest BCUT2D eigenvalue weighted by Crippen LogP contribution is 2.32. The molecule has 3 aromatic rings. The van der Waals surface area contributed by atoms with Crippen molar-refractivity contribution in [1.29, 1.82) is 0 Å². The molecule has 0 saturated carbocycles. The predicted molar refractivity (Wildman–Crippen MR) is 136 cm³/mol. The van der Waals surface area contributed by atoms with E-state index in [2.05, 4.69) is 11.6 Å². The molecule has 1 N–H and O–H groups in total. The molecule has 188 valence electrons. The highest BCUT2D eigenvalue weighted by atomic mass is 35.5. The van der Waals surface area contributed by atoms with Crippen molar-refractivity contribution in [2.75, 3.05) is 0 Å². The number of benzene rings is 2. The highest BCUT2D eigenvalue weighted by Gasteiger charge is 2.29. The number of ether oxygens (including phenoxy) is 1. The van der Waals surface area contributed by atoms with Crippen molar-refractivity contribution >= 4 is 38.6 Å². The van der Waals surface area contributed by atoms with Gasteiger partial charge in [0.05, 0.1) is 9.92 Å². The van der Waals surface area contributed by atoms with Crippen molar-refractivity contribution in [2.45, 2.75) is 64.3 Å². The van der Waals surface area contributed by atoms with Crippen molar-refractivity contribution < 1.29 is 22.4 Å². The van der Waals surface area contributed by atoms with Crippen LogP contribution in [0.3, 0.4) is 0 Å². The number of carbonyl (C=O) groups is 1. The van der Waals surface area contributed by atoms with E-state index in [9.17, 15) is 18.0 Å². The third-order valence-electron chi connectivity index (χ3n) is 5.51. The van der Waals surface area contributed by atoms with Crippen molar-refractivity contribution in [3.8, 4) is 5.75 Å². The molecule has 0 bridgehead atoms. The standard InChI is InChI=1S/C26H30ClNO6S/c1-5-6-7-18-13-25(29)33-23-15-24(21(27)14-20(18)23)34-26(30)22(12-16(2)3)28-35(31,32)19-10-8-17(4)9-11-19/h8-11,13-16,22,28H,5-7,12H2,1-4H3/t22-/m0/s1. The summed E-state index contributed by atoms with van der Waals surface area (Å²) in [5, 5.41) is 0.823. The highest BCUT2D eigenvalue weighted by molar-refractivity contribution is 7.89. The number of aryl methyl sites for hydroxylation is 2. The lowest BCUT2D eigenvalue weighted by molar-refractivity contribution is -0.136. The second kappa shape index (κ2) is 11.4. The number of nitrogens with one attached hydrogen (secondary N) is 1. The monoisotopic (exact) mass is 519 g/mol. The summed E-state index contributed by atoms with van der Waals surface area (Å²) in [5.74, 6) is -0.817. The largest absolute Gasteiger partial charge is 0.424 e. The first-order valence-electron chi connectivity index (χ1n) is 11.6. The first-order valence-corrected chi connectivity index (χ1v) is 13.4. The Morgan fingerprint density at radius 3 is 2.46 bits per heavy atom. The maximum absolute atomic E-state index is 13.1. The molecule has 0 fully saturated rings. The molecular weight excluding hydrogens is 490 g/mol. The maximum atomic E-state index is 13.1. The van der Waals surface area contributed by atoms with Crippen LogP contribution in [0.1, 0.15) is 51.2 Å². The Balaban J connectivity index is 1.90. The van der Waals surface area contributed by atoms with Crippen LogP contribution in [0.5, 0.6) is 5.75 Å². The summed E-state index contributed by atoms with van der Waals surface area (Å²) < 4.78 is 39.1. The number of rotatable bonds is 10.